The number of aryl methyl sites for hydroxylation is 1. The van der Waals surface area contributed by atoms with Gasteiger partial charge < -0.3 is 20.1 Å². The van der Waals surface area contributed by atoms with Gasteiger partial charge in [-0.05, 0) is 13.0 Å². The number of rotatable bonds is 3. The molecule has 7 nitrogen and oxygen atoms in total. The van der Waals surface area contributed by atoms with E-state index in [1.165, 1.54) is 0 Å². The number of H-pyrrole nitrogens is 1. The molecule has 0 spiro atoms. The number of amides is 2. The summed E-state index contributed by atoms with van der Waals surface area (Å²) in [6, 6.07) is 1.29. The smallest absolute Gasteiger partial charge is 0.361 e. The molecule has 0 saturated carbocycles. The minimum atomic E-state index is -4.63. The predicted octanol–water partition coefficient (Wildman–Crippen LogP) is 2.01. The number of carbonyl (C=O) groups excluding carboxylic acids is 1. The zero-order valence-corrected chi connectivity index (χ0v) is 11.2. The van der Waals surface area contributed by atoms with Crippen LogP contribution in [-0.4, -0.2) is 16.2 Å². The van der Waals surface area contributed by atoms with Crippen molar-refractivity contribution in [1.29, 1.82) is 0 Å². The van der Waals surface area contributed by atoms with E-state index in [9.17, 15) is 22.8 Å². The number of aromatic amines is 1. The van der Waals surface area contributed by atoms with Crippen molar-refractivity contribution < 1.29 is 22.5 Å². The van der Waals surface area contributed by atoms with Crippen molar-refractivity contribution in [2.75, 3.05) is 5.32 Å². The Morgan fingerprint density at radius 3 is 2.73 bits per heavy atom. The summed E-state index contributed by atoms with van der Waals surface area (Å²) in [5.74, 6) is 0.548. The minimum absolute atomic E-state index is 0.0000393. The summed E-state index contributed by atoms with van der Waals surface area (Å²) in [4.78, 5) is 24.9. The highest BCUT2D eigenvalue weighted by Crippen LogP contribution is 2.29. The van der Waals surface area contributed by atoms with Gasteiger partial charge in [-0.15, -0.1) is 0 Å². The van der Waals surface area contributed by atoms with E-state index >= 15 is 0 Å². The Kier molecular flexibility index (Phi) is 4.20. The Labute approximate surface area is 121 Å². The van der Waals surface area contributed by atoms with Crippen molar-refractivity contribution in [3.63, 3.8) is 0 Å². The third-order valence-corrected chi connectivity index (χ3v) is 2.59. The van der Waals surface area contributed by atoms with Gasteiger partial charge in [-0.2, -0.15) is 13.2 Å². The van der Waals surface area contributed by atoms with E-state index in [1.807, 2.05) is 10.3 Å². The van der Waals surface area contributed by atoms with E-state index in [0.29, 0.717) is 23.7 Å². The fourth-order valence-corrected chi connectivity index (χ4v) is 1.58. The van der Waals surface area contributed by atoms with Crippen molar-refractivity contribution in [3.05, 3.63) is 45.7 Å². The Hall–Kier alpha value is -2.78. The summed E-state index contributed by atoms with van der Waals surface area (Å²) < 4.78 is 42.4. The van der Waals surface area contributed by atoms with Crippen molar-refractivity contribution in [2.45, 2.75) is 19.6 Å². The molecule has 0 unspecified atom stereocenters. The molecule has 2 amide bonds. The van der Waals surface area contributed by atoms with Crippen LogP contribution < -0.4 is 16.2 Å². The second-order valence-corrected chi connectivity index (χ2v) is 4.37. The molecule has 0 radical (unpaired) electrons. The lowest BCUT2D eigenvalue weighted by molar-refractivity contribution is -0.137. The molecule has 10 heteroatoms. The van der Waals surface area contributed by atoms with Crippen LogP contribution in [0.4, 0.5) is 23.7 Å². The topological polar surface area (TPSA) is 100 Å². The van der Waals surface area contributed by atoms with E-state index in [2.05, 4.69) is 10.5 Å². The maximum atomic E-state index is 12.5. The van der Waals surface area contributed by atoms with Gasteiger partial charge >= 0.3 is 12.2 Å². The van der Waals surface area contributed by atoms with E-state index in [0.717, 1.165) is 0 Å². The van der Waals surface area contributed by atoms with Gasteiger partial charge in [-0.3, -0.25) is 4.79 Å². The number of hydrogen-bond acceptors (Lipinski definition) is 4. The molecule has 0 saturated heterocycles. The second-order valence-electron chi connectivity index (χ2n) is 4.37. The zero-order chi connectivity index (χ0) is 16.3. The van der Waals surface area contributed by atoms with Gasteiger partial charge in [0, 0.05) is 12.3 Å². The summed E-state index contributed by atoms with van der Waals surface area (Å²) >= 11 is 0. The maximum absolute atomic E-state index is 12.5. The number of halogens is 3. The number of carbonyl (C=O) groups is 1. The number of nitrogens with zero attached hydrogens (tertiary/aromatic N) is 1. The molecular weight excluding hydrogens is 305 g/mol. The second kappa shape index (κ2) is 5.92. The number of pyridine rings is 1. The van der Waals surface area contributed by atoms with Crippen molar-refractivity contribution >= 4 is 11.7 Å². The first-order valence-electron chi connectivity index (χ1n) is 6.02. The molecule has 2 aromatic heterocycles. The Morgan fingerprint density at radius 2 is 2.14 bits per heavy atom. The fourth-order valence-electron chi connectivity index (χ4n) is 1.58. The van der Waals surface area contributed by atoms with Crippen LogP contribution in [0.1, 0.15) is 17.0 Å². The number of aromatic nitrogens is 2. The minimum Gasteiger partial charge on any atom is -0.361 e. The monoisotopic (exact) mass is 316 g/mol. The standard InChI is InChI=1S/C12H11F3N4O3/c1-6-2-8(19-22-6)5-17-11(21)18-9-3-7(12(13,14)15)4-16-10(9)20/h2-4H,5H2,1H3,(H,16,20)(H2,17,18,21). The summed E-state index contributed by atoms with van der Waals surface area (Å²) in [5.41, 5.74) is -2.00. The van der Waals surface area contributed by atoms with Gasteiger partial charge in [0.05, 0.1) is 12.1 Å². The SMILES string of the molecule is Cc1cc(CNC(=O)Nc2cc(C(F)(F)F)c[nH]c2=O)no1. The summed E-state index contributed by atoms with van der Waals surface area (Å²) in [5, 5.41) is 8.01. The molecule has 2 aromatic rings. The van der Waals surface area contributed by atoms with Crippen LogP contribution in [0.25, 0.3) is 0 Å². The first-order chi connectivity index (χ1) is 10.3. The average Bonchev–Trinajstić information content (AvgIpc) is 2.83. The quantitative estimate of drug-likeness (QED) is 0.806. The lowest BCUT2D eigenvalue weighted by Gasteiger charge is -2.09. The van der Waals surface area contributed by atoms with Crippen LogP contribution in [0.3, 0.4) is 0 Å². The largest absolute Gasteiger partial charge is 0.417 e. The molecule has 0 fully saturated rings. The van der Waals surface area contributed by atoms with Crippen molar-refractivity contribution in [2.24, 2.45) is 0 Å². The average molecular weight is 316 g/mol. The van der Waals surface area contributed by atoms with Gasteiger partial charge in [-0.1, -0.05) is 5.16 Å². The van der Waals surface area contributed by atoms with E-state index < -0.39 is 29.0 Å². The molecule has 0 aliphatic heterocycles. The number of urea groups is 1. The number of anilines is 1. The molecule has 0 aliphatic rings. The Morgan fingerprint density at radius 1 is 1.41 bits per heavy atom. The van der Waals surface area contributed by atoms with Gasteiger partial charge in [-0.25, -0.2) is 4.79 Å². The molecule has 2 rings (SSSR count). The normalized spacial score (nSPS) is 11.3. The third-order valence-electron chi connectivity index (χ3n) is 2.59. The summed E-state index contributed by atoms with van der Waals surface area (Å²) in [6.45, 7) is 1.67. The molecule has 0 aromatic carbocycles. The van der Waals surface area contributed by atoms with Crippen molar-refractivity contribution in [1.82, 2.24) is 15.5 Å². The van der Waals surface area contributed by atoms with Crippen LogP contribution in [0, 0.1) is 6.92 Å². The predicted molar refractivity (Wildman–Crippen MR) is 69.2 cm³/mol. The Bertz CT molecular complexity index is 736. The van der Waals surface area contributed by atoms with Gasteiger partial charge in [0.15, 0.2) is 0 Å². The van der Waals surface area contributed by atoms with Crippen LogP contribution in [0.15, 0.2) is 27.6 Å². The fraction of sp³-hybridized carbons (Fsp3) is 0.250. The zero-order valence-electron chi connectivity index (χ0n) is 11.2. The van der Waals surface area contributed by atoms with E-state index in [4.69, 9.17) is 4.52 Å². The van der Waals surface area contributed by atoms with Gasteiger partial charge in [0.1, 0.15) is 17.1 Å². The van der Waals surface area contributed by atoms with Crippen molar-refractivity contribution in [3.8, 4) is 0 Å². The third kappa shape index (κ3) is 3.87. The van der Waals surface area contributed by atoms with E-state index in [-0.39, 0.29) is 6.54 Å². The number of alkyl halides is 3. The van der Waals surface area contributed by atoms with E-state index in [1.54, 1.807) is 13.0 Å². The molecular formula is C12H11F3N4O3. The molecule has 0 atom stereocenters. The summed E-state index contributed by atoms with van der Waals surface area (Å²) in [6.07, 6.45) is -4.10. The van der Waals surface area contributed by atoms with Crippen LogP contribution in [0.2, 0.25) is 0 Å². The number of nitrogens with one attached hydrogen (secondary N) is 3. The first kappa shape index (κ1) is 15.6. The van der Waals surface area contributed by atoms with Crippen LogP contribution in [0.5, 0.6) is 0 Å². The highest BCUT2D eigenvalue weighted by molar-refractivity contribution is 5.89. The molecule has 3 N–H and O–H groups in total. The first-order valence-corrected chi connectivity index (χ1v) is 6.02. The van der Waals surface area contributed by atoms with Crippen LogP contribution >= 0.6 is 0 Å². The highest BCUT2D eigenvalue weighted by Gasteiger charge is 2.31. The van der Waals surface area contributed by atoms with Crippen LogP contribution in [-0.2, 0) is 12.7 Å². The number of hydrogen-bond donors (Lipinski definition) is 3. The molecule has 2 heterocycles. The molecule has 118 valence electrons. The Balaban J connectivity index is 2.03. The summed E-state index contributed by atoms with van der Waals surface area (Å²) in [7, 11) is 0. The lowest BCUT2D eigenvalue weighted by atomic mass is 10.2. The molecule has 22 heavy (non-hydrogen) atoms. The highest BCUT2D eigenvalue weighted by atomic mass is 19.4. The molecule has 0 bridgehead atoms. The van der Waals surface area contributed by atoms with Gasteiger partial charge in [0.2, 0.25) is 0 Å². The molecule has 0 aliphatic carbocycles. The maximum Gasteiger partial charge on any atom is 0.417 e. The lowest BCUT2D eigenvalue weighted by Crippen LogP contribution is -2.31. The van der Waals surface area contributed by atoms with Gasteiger partial charge in [0.25, 0.3) is 5.56 Å².